The fourth-order valence-corrected chi connectivity index (χ4v) is 6.41. The van der Waals surface area contributed by atoms with Crippen LogP contribution >= 0.6 is 11.3 Å². The predicted octanol–water partition coefficient (Wildman–Crippen LogP) is 5.09. The van der Waals surface area contributed by atoms with Crippen LogP contribution in [-0.2, 0) is 14.3 Å². The van der Waals surface area contributed by atoms with Gasteiger partial charge in [0.2, 0.25) is 5.91 Å². The summed E-state index contributed by atoms with van der Waals surface area (Å²) in [6.07, 6.45) is 5.79. The number of carboxylic acid groups (broad SMARTS) is 1. The van der Waals surface area contributed by atoms with E-state index in [0.29, 0.717) is 29.7 Å². The first kappa shape index (κ1) is 28.1. The Balaban J connectivity index is 1.59. The van der Waals surface area contributed by atoms with Crippen molar-refractivity contribution in [2.24, 2.45) is 17.3 Å². The van der Waals surface area contributed by atoms with Crippen molar-refractivity contribution in [3.8, 4) is 11.8 Å². The highest BCUT2D eigenvalue weighted by molar-refractivity contribution is 7.15. The highest BCUT2D eigenvalue weighted by Gasteiger charge is 2.38. The number of aliphatic hydroxyl groups is 1. The molecular weight excluding hydrogens is 490 g/mol. The Labute approximate surface area is 224 Å². The third kappa shape index (κ3) is 7.14. The van der Waals surface area contributed by atoms with E-state index in [-0.39, 0.29) is 40.4 Å². The molecule has 0 bridgehead atoms. The van der Waals surface area contributed by atoms with E-state index < -0.39 is 12.1 Å². The van der Waals surface area contributed by atoms with Crippen LogP contribution < -0.4 is 4.90 Å². The van der Waals surface area contributed by atoms with Crippen molar-refractivity contribution in [1.29, 1.82) is 0 Å². The molecule has 0 unspecified atom stereocenters. The molecule has 1 aromatic rings. The summed E-state index contributed by atoms with van der Waals surface area (Å²) in [5.74, 6) is 5.90. The van der Waals surface area contributed by atoms with Gasteiger partial charge in [0.1, 0.15) is 17.1 Å². The minimum absolute atomic E-state index is 0.000265. The first-order valence-corrected chi connectivity index (χ1v) is 14.5. The molecule has 1 amide bonds. The van der Waals surface area contributed by atoms with Crippen molar-refractivity contribution in [2.45, 2.75) is 103 Å². The summed E-state index contributed by atoms with van der Waals surface area (Å²) >= 11 is 1.15. The van der Waals surface area contributed by atoms with Gasteiger partial charge < -0.3 is 24.6 Å². The second kappa shape index (κ2) is 11.9. The van der Waals surface area contributed by atoms with Crippen molar-refractivity contribution in [2.75, 3.05) is 18.1 Å². The number of nitrogens with zero attached hydrogens (tertiary/aromatic N) is 1. The fourth-order valence-electron chi connectivity index (χ4n) is 5.56. The number of thiophene rings is 1. The van der Waals surface area contributed by atoms with Gasteiger partial charge >= 0.3 is 5.97 Å². The second-order valence-corrected chi connectivity index (χ2v) is 13.1. The number of aliphatic hydroxyl groups excluding tert-OH is 1. The van der Waals surface area contributed by atoms with Crippen LogP contribution in [-0.4, -0.2) is 59.7 Å². The minimum atomic E-state index is -1.02. The third-order valence-corrected chi connectivity index (χ3v) is 8.73. The molecule has 204 valence electrons. The Morgan fingerprint density at radius 1 is 1.08 bits per heavy atom. The summed E-state index contributed by atoms with van der Waals surface area (Å²) in [6, 6.07) is 1.72. The minimum Gasteiger partial charge on any atom is -0.477 e. The standard InChI is InChI=1S/C29H41NO6S/c1-18-5-7-19(8-6-18)27(32)30(20-9-11-21(12-10-20)36-25-17-35-16-24(25)31)23-15-22(13-14-29(2,3)4)37-26(23)28(33)34/h15,18-21,24-25,31H,5-12,16-17H2,1-4H3,(H,33,34)/t18-,19-,20-,21-,24-,25-/m0/s1. The van der Waals surface area contributed by atoms with E-state index in [2.05, 4.69) is 18.8 Å². The van der Waals surface area contributed by atoms with Crippen LogP contribution in [0.3, 0.4) is 0 Å². The van der Waals surface area contributed by atoms with E-state index in [0.717, 1.165) is 62.7 Å². The molecular formula is C29H41NO6S. The Bertz CT molecular complexity index is 1020. The molecule has 1 aromatic heterocycles. The van der Waals surface area contributed by atoms with E-state index in [1.165, 1.54) is 0 Å². The molecule has 3 fully saturated rings. The van der Waals surface area contributed by atoms with Gasteiger partial charge in [-0.05, 0) is 84.1 Å². The zero-order valence-electron chi connectivity index (χ0n) is 22.5. The number of amides is 1. The number of ether oxygens (including phenoxy) is 2. The van der Waals surface area contributed by atoms with Gasteiger partial charge in [0.05, 0.1) is 29.9 Å². The van der Waals surface area contributed by atoms with Crippen LogP contribution in [0.5, 0.6) is 0 Å². The van der Waals surface area contributed by atoms with Crippen LogP contribution in [0, 0.1) is 29.1 Å². The van der Waals surface area contributed by atoms with Crippen molar-refractivity contribution in [3.05, 3.63) is 15.8 Å². The normalized spacial score (nSPS) is 30.4. The van der Waals surface area contributed by atoms with Crippen molar-refractivity contribution >= 4 is 28.9 Å². The first-order valence-electron chi connectivity index (χ1n) is 13.7. The molecule has 3 aliphatic rings. The maximum atomic E-state index is 14.0. The molecule has 8 heteroatoms. The largest absolute Gasteiger partial charge is 0.477 e. The van der Waals surface area contributed by atoms with Crippen LogP contribution in [0.25, 0.3) is 0 Å². The summed E-state index contributed by atoms with van der Waals surface area (Å²) in [5.41, 5.74) is 0.279. The number of anilines is 1. The predicted molar refractivity (Wildman–Crippen MR) is 144 cm³/mol. The molecule has 7 nitrogen and oxygen atoms in total. The number of hydrogen-bond acceptors (Lipinski definition) is 6. The van der Waals surface area contributed by atoms with E-state index in [1.807, 2.05) is 31.7 Å². The second-order valence-electron chi connectivity index (χ2n) is 12.0. The monoisotopic (exact) mass is 531 g/mol. The van der Waals surface area contributed by atoms with Crippen LogP contribution in [0.4, 0.5) is 5.69 Å². The van der Waals surface area contributed by atoms with Gasteiger partial charge in [-0.25, -0.2) is 4.79 Å². The third-order valence-electron chi connectivity index (χ3n) is 7.71. The highest BCUT2D eigenvalue weighted by atomic mass is 32.1. The van der Waals surface area contributed by atoms with Gasteiger partial charge in [-0.3, -0.25) is 4.79 Å². The first-order chi connectivity index (χ1) is 17.5. The molecule has 0 spiro atoms. The number of carbonyl (C=O) groups excluding carboxylic acids is 1. The Morgan fingerprint density at radius 2 is 1.76 bits per heavy atom. The molecule has 2 saturated carbocycles. The topological polar surface area (TPSA) is 96.3 Å². The quantitative estimate of drug-likeness (QED) is 0.497. The summed E-state index contributed by atoms with van der Waals surface area (Å²) in [4.78, 5) is 29.0. The molecule has 4 rings (SSSR count). The van der Waals surface area contributed by atoms with E-state index in [4.69, 9.17) is 9.47 Å². The van der Waals surface area contributed by atoms with Crippen LogP contribution in [0.2, 0.25) is 0 Å². The zero-order valence-corrected chi connectivity index (χ0v) is 23.3. The Hall–Kier alpha value is -1.92. The fraction of sp³-hybridized carbons (Fsp3) is 0.724. The summed E-state index contributed by atoms with van der Waals surface area (Å²) < 4.78 is 11.4. The molecule has 37 heavy (non-hydrogen) atoms. The SMILES string of the molecule is CC(C)(C)C#Cc1cc(N(C(=O)[C@H]2CC[C@H](C)CC2)[C@H]2CC[C@H](O[C@H]3COC[C@@H]3O)CC2)c(C(=O)O)s1. The smallest absolute Gasteiger partial charge is 0.348 e. The molecule has 2 heterocycles. The lowest BCUT2D eigenvalue weighted by molar-refractivity contribution is -0.124. The average molecular weight is 532 g/mol. The van der Waals surface area contributed by atoms with Gasteiger partial charge in [0, 0.05) is 17.4 Å². The molecule has 1 saturated heterocycles. The van der Waals surface area contributed by atoms with E-state index in [9.17, 15) is 19.8 Å². The Morgan fingerprint density at radius 3 is 2.32 bits per heavy atom. The number of carboxylic acids is 1. The van der Waals surface area contributed by atoms with Gasteiger partial charge in [0.25, 0.3) is 0 Å². The lowest BCUT2D eigenvalue weighted by Gasteiger charge is -2.40. The molecule has 0 aromatic carbocycles. The van der Waals surface area contributed by atoms with E-state index >= 15 is 0 Å². The number of aromatic carboxylic acids is 1. The summed E-state index contributed by atoms with van der Waals surface area (Å²) in [6.45, 7) is 8.99. The number of carbonyl (C=O) groups is 2. The average Bonchev–Trinajstić information content (AvgIpc) is 3.45. The number of rotatable bonds is 6. The highest BCUT2D eigenvalue weighted by Crippen LogP contribution is 2.39. The molecule has 1 aliphatic heterocycles. The zero-order chi connectivity index (χ0) is 26.7. The van der Waals surface area contributed by atoms with Crippen molar-refractivity contribution in [1.82, 2.24) is 0 Å². The summed E-state index contributed by atoms with van der Waals surface area (Å²) in [5, 5.41) is 20.1. The van der Waals surface area contributed by atoms with E-state index in [1.54, 1.807) is 0 Å². The molecule has 2 aliphatic carbocycles. The Kier molecular flexibility index (Phi) is 9.00. The summed E-state index contributed by atoms with van der Waals surface area (Å²) in [7, 11) is 0. The maximum Gasteiger partial charge on any atom is 0.348 e. The van der Waals surface area contributed by atoms with Gasteiger partial charge in [0.15, 0.2) is 0 Å². The van der Waals surface area contributed by atoms with Gasteiger partial charge in [-0.1, -0.05) is 18.8 Å². The number of hydrogen-bond donors (Lipinski definition) is 2. The van der Waals surface area contributed by atoms with Gasteiger partial charge in [-0.2, -0.15) is 0 Å². The lowest BCUT2D eigenvalue weighted by Crippen LogP contribution is -2.47. The molecule has 2 N–H and O–H groups in total. The van der Waals surface area contributed by atoms with Crippen molar-refractivity contribution < 1.29 is 29.3 Å². The maximum absolute atomic E-state index is 14.0. The van der Waals surface area contributed by atoms with Gasteiger partial charge in [-0.15, -0.1) is 11.3 Å². The van der Waals surface area contributed by atoms with Crippen molar-refractivity contribution in [3.63, 3.8) is 0 Å². The lowest BCUT2D eigenvalue weighted by atomic mass is 9.81. The molecule has 2 atom stereocenters. The van der Waals surface area contributed by atoms with Crippen LogP contribution in [0.1, 0.15) is 93.6 Å². The molecule has 0 radical (unpaired) electrons. The van der Waals surface area contributed by atoms with Crippen LogP contribution in [0.15, 0.2) is 6.07 Å².